The molecule has 1 aromatic heterocycles. The van der Waals surface area contributed by atoms with Crippen molar-refractivity contribution in [2.75, 3.05) is 5.32 Å². The number of carbonyl (C=O) groups is 1. The third kappa shape index (κ3) is 3.53. The first kappa shape index (κ1) is 21.1. The van der Waals surface area contributed by atoms with Crippen LogP contribution < -0.4 is 10.6 Å². The zero-order chi connectivity index (χ0) is 23.0. The Labute approximate surface area is 191 Å². The predicted octanol–water partition coefficient (Wildman–Crippen LogP) is 5.55. The van der Waals surface area contributed by atoms with Crippen molar-refractivity contribution in [1.82, 2.24) is 15.1 Å². The smallest absolute Gasteiger partial charge is 0.363 e. The molecule has 1 aliphatic heterocycles. The number of aryl methyl sites for hydroxylation is 1. The summed E-state index contributed by atoms with van der Waals surface area (Å²) < 4.78 is 43.1. The molecular formula is C25H29F3N4O. The number of nitrogens with zero attached hydrogens (tertiary/aromatic N) is 2. The first-order valence-electron chi connectivity index (χ1n) is 12.0. The Balaban J connectivity index is 1.35. The average molecular weight is 459 g/mol. The van der Waals surface area contributed by atoms with E-state index in [2.05, 4.69) is 15.7 Å². The summed E-state index contributed by atoms with van der Waals surface area (Å²) in [5.41, 5.74) is 1.14. The molecule has 8 heteroatoms. The van der Waals surface area contributed by atoms with Crippen LogP contribution >= 0.6 is 0 Å². The van der Waals surface area contributed by atoms with Crippen molar-refractivity contribution in [1.29, 1.82) is 0 Å². The lowest BCUT2D eigenvalue weighted by molar-refractivity contribution is -0.173. The Bertz CT molecular complexity index is 1040. The number of anilines is 1. The van der Waals surface area contributed by atoms with Gasteiger partial charge in [-0.25, -0.2) is 4.68 Å². The van der Waals surface area contributed by atoms with Crippen LogP contribution in [-0.2, 0) is 0 Å². The highest BCUT2D eigenvalue weighted by molar-refractivity contribution is 6.00. The molecule has 2 N–H and O–H groups in total. The average Bonchev–Trinajstić information content (AvgIpc) is 3.07. The zero-order valence-electron chi connectivity index (χ0n) is 18.7. The molecule has 1 aromatic carbocycles. The van der Waals surface area contributed by atoms with E-state index >= 15 is 0 Å². The number of alkyl halides is 3. The maximum Gasteiger partial charge on any atom is 0.410 e. The van der Waals surface area contributed by atoms with Crippen molar-refractivity contribution >= 4 is 11.7 Å². The van der Waals surface area contributed by atoms with E-state index in [1.807, 2.05) is 30.3 Å². The van der Waals surface area contributed by atoms with E-state index < -0.39 is 18.3 Å². The Hall–Kier alpha value is -2.51. The van der Waals surface area contributed by atoms with Crippen molar-refractivity contribution in [3.8, 4) is 0 Å². The van der Waals surface area contributed by atoms with Gasteiger partial charge in [0.2, 0.25) is 0 Å². The van der Waals surface area contributed by atoms with Gasteiger partial charge in [-0.1, -0.05) is 30.3 Å². The number of aromatic nitrogens is 2. The number of benzene rings is 1. The molecule has 2 aromatic rings. The minimum Gasteiger partial charge on any atom is -0.363 e. The molecule has 1 amide bonds. The quantitative estimate of drug-likeness (QED) is 0.634. The van der Waals surface area contributed by atoms with Gasteiger partial charge in [0.25, 0.3) is 5.91 Å². The van der Waals surface area contributed by atoms with Crippen molar-refractivity contribution in [2.24, 2.45) is 17.8 Å². The van der Waals surface area contributed by atoms with Gasteiger partial charge in [0.1, 0.15) is 11.4 Å². The molecule has 5 nitrogen and oxygen atoms in total. The summed E-state index contributed by atoms with van der Waals surface area (Å²) in [6.07, 6.45) is 2.09. The maximum atomic E-state index is 14.0. The summed E-state index contributed by atoms with van der Waals surface area (Å²) in [5.74, 6) is 1.87. The summed E-state index contributed by atoms with van der Waals surface area (Å²) in [4.78, 5) is 13.6. The molecule has 33 heavy (non-hydrogen) atoms. The van der Waals surface area contributed by atoms with E-state index in [0.717, 1.165) is 29.5 Å². The normalized spacial score (nSPS) is 34.6. The van der Waals surface area contributed by atoms with Crippen molar-refractivity contribution in [2.45, 2.75) is 75.7 Å². The molecule has 4 fully saturated rings. The lowest BCUT2D eigenvalue weighted by Crippen LogP contribution is -2.59. The third-order valence-corrected chi connectivity index (χ3v) is 8.37. The highest BCUT2D eigenvalue weighted by Gasteiger charge is 2.52. The minimum absolute atomic E-state index is 0.169. The molecule has 2 atom stereocenters. The second-order valence-corrected chi connectivity index (χ2v) is 10.8. The number of hydrogen-bond acceptors (Lipinski definition) is 3. The zero-order valence-corrected chi connectivity index (χ0v) is 18.7. The molecular weight excluding hydrogens is 429 g/mol. The second-order valence-electron chi connectivity index (χ2n) is 10.8. The third-order valence-electron chi connectivity index (χ3n) is 8.37. The number of carbonyl (C=O) groups excluding carboxylic acids is 1. The monoisotopic (exact) mass is 458 g/mol. The molecule has 4 aliphatic carbocycles. The maximum absolute atomic E-state index is 14.0. The van der Waals surface area contributed by atoms with Crippen LogP contribution in [0.5, 0.6) is 0 Å². The summed E-state index contributed by atoms with van der Waals surface area (Å²) in [7, 11) is 0. The Morgan fingerprint density at radius 1 is 1.06 bits per heavy atom. The van der Waals surface area contributed by atoms with Gasteiger partial charge in [-0.3, -0.25) is 4.79 Å². The molecule has 4 saturated carbocycles. The first-order valence-corrected chi connectivity index (χ1v) is 12.0. The van der Waals surface area contributed by atoms with Crippen LogP contribution in [0.25, 0.3) is 0 Å². The largest absolute Gasteiger partial charge is 0.410 e. The van der Waals surface area contributed by atoms with Crippen LogP contribution in [0.4, 0.5) is 19.0 Å². The fourth-order valence-electron chi connectivity index (χ4n) is 7.47. The van der Waals surface area contributed by atoms with Gasteiger partial charge in [-0.2, -0.15) is 18.3 Å². The lowest BCUT2D eigenvalue weighted by Gasteiger charge is -2.56. The molecule has 176 valence electrons. The van der Waals surface area contributed by atoms with E-state index in [9.17, 15) is 18.0 Å². The SMILES string of the molecule is Cc1nn2c(c1C(=O)NC13CC4CC(CC(C4)C1)C3)NC(c1ccccc1)CC2C(F)(F)F. The number of nitrogens with one attached hydrogen (secondary N) is 2. The first-order chi connectivity index (χ1) is 15.7. The van der Waals surface area contributed by atoms with Gasteiger partial charge in [0, 0.05) is 12.0 Å². The van der Waals surface area contributed by atoms with Crippen LogP contribution in [-0.4, -0.2) is 27.4 Å². The number of hydrogen-bond donors (Lipinski definition) is 2. The van der Waals surface area contributed by atoms with Crippen molar-refractivity contribution in [3.63, 3.8) is 0 Å². The van der Waals surface area contributed by atoms with Crippen molar-refractivity contribution < 1.29 is 18.0 Å². The van der Waals surface area contributed by atoms with Gasteiger partial charge >= 0.3 is 6.18 Å². The van der Waals surface area contributed by atoms with Gasteiger partial charge in [0.05, 0.1) is 11.7 Å². The van der Waals surface area contributed by atoms with E-state index in [4.69, 9.17) is 0 Å². The number of amides is 1. The van der Waals surface area contributed by atoms with Crippen LogP contribution in [0.3, 0.4) is 0 Å². The van der Waals surface area contributed by atoms with Crippen LogP contribution in [0, 0.1) is 24.7 Å². The summed E-state index contributed by atoms with van der Waals surface area (Å²) in [5, 5.41) is 10.8. The standard InChI is InChI=1S/C25H29F3N4O/c1-14-21(23(33)30-24-11-15-7-16(12-24)9-17(8-15)13-24)22-29-19(18-5-3-2-4-6-18)10-20(25(26,27)28)32(22)31-14/h2-6,15-17,19-20,29H,7-13H2,1H3,(H,30,33). The fraction of sp³-hybridized carbons (Fsp3) is 0.600. The van der Waals surface area contributed by atoms with Gasteiger partial charge in [0.15, 0.2) is 6.04 Å². The Morgan fingerprint density at radius 3 is 2.24 bits per heavy atom. The van der Waals surface area contributed by atoms with E-state index in [1.165, 1.54) is 19.3 Å². The number of halogens is 3. The molecule has 4 bridgehead atoms. The summed E-state index contributed by atoms with van der Waals surface area (Å²) >= 11 is 0. The lowest BCUT2D eigenvalue weighted by atomic mass is 9.53. The molecule has 0 spiro atoms. The van der Waals surface area contributed by atoms with Crippen LogP contribution in [0.15, 0.2) is 30.3 Å². The molecule has 0 saturated heterocycles. The van der Waals surface area contributed by atoms with E-state index in [-0.39, 0.29) is 29.2 Å². The molecule has 2 heterocycles. The van der Waals surface area contributed by atoms with Crippen LogP contribution in [0.2, 0.25) is 0 Å². The van der Waals surface area contributed by atoms with E-state index in [0.29, 0.717) is 23.4 Å². The Morgan fingerprint density at radius 2 is 1.67 bits per heavy atom. The summed E-state index contributed by atoms with van der Waals surface area (Å²) in [6.45, 7) is 1.63. The highest BCUT2D eigenvalue weighted by atomic mass is 19.4. The highest BCUT2D eigenvalue weighted by Crippen LogP contribution is 2.56. The number of rotatable bonds is 3. The second kappa shape index (κ2) is 7.24. The molecule has 5 aliphatic rings. The number of fused-ring (bicyclic) bond motifs is 1. The van der Waals surface area contributed by atoms with Crippen molar-refractivity contribution in [3.05, 3.63) is 47.2 Å². The summed E-state index contributed by atoms with van der Waals surface area (Å²) in [6, 6.07) is 6.78. The Kier molecular flexibility index (Phi) is 4.62. The topological polar surface area (TPSA) is 59.0 Å². The van der Waals surface area contributed by atoms with Crippen LogP contribution in [0.1, 0.15) is 78.6 Å². The minimum atomic E-state index is -4.46. The predicted molar refractivity (Wildman–Crippen MR) is 118 cm³/mol. The van der Waals surface area contributed by atoms with Gasteiger partial charge in [-0.05, 0) is 68.8 Å². The van der Waals surface area contributed by atoms with Gasteiger partial charge < -0.3 is 10.6 Å². The molecule has 7 rings (SSSR count). The fourth-order valence-corrected chi connectivity index (χ4v) is 7.47. The van der Waals surface area contributed by atoms with Gasteiger partial charge in [-0.15, -0.1) is 0 Å². The molecule has 2 unspecified atom stereocenters. The van der Waals surface area contributed by atoms with E-state index in [1.54, 1.807) is 6.92 Å². The molecule has 0 radical (unpaired) electrons.